The van der Waals surface area contributed by atoms with Crippen molar-refractivity contribution in [2.45, 2.75) is 26.2 Å². The summed E-state index contributed by atoms with van der Waals surface area (Å²) in [5, 5.41) is 4.04. The van der Waals surface area contributed by atoms with Crippen molar-refractivity contribution in [3.8, 4) is 11.5 Å². The van der Waals surface area contributed by atoms with Crippen LogP contribution in [0.15, 0.2) is 41.5 Å². The van der Waals surface area contributed by atoms with Crippen molar-refractivity contribution >= 4 is 35.4 Å². The fourth-order valence-corrected chi connectivity index (χ4v) is 3.04. The average molecular weight is 413 g/mol. The molecule has 0 atom stereocenters. The van der Waals surface area contributed by atoms with E-state index in [0.29, 0.717) is 28.4 Å². The van der Waals surface area contributed by atoms with Gasteiger partial charge in [0.2, 0.25) is 0 Å². The highest BCUT2D eigenvalue weighted by Crippen LogP contribution is 2.27. The van der Waals surface area contributed by atoms with Gasteiger partial charge < -0.3 is 19.4 Å². The molecule has 1 amide bonds. The van der Waals surface area contributed by atoms with Crippen LogP contribution in [-0.4, -0.2) is 35.8 Å². The number of benzene rings is 2. The Labute approximate surface area is 174 Å². The second-order valence-corrected chi connectivity index (χ2v) is 6.91. The van der Waals surface area contributed by atoms with Crippen molar-refractivity contribution in [2.24, 2.45) is 5.10 Å². The third kappa shape index (κ3) is 5.45. The van der Waals surface area contributed by atoms with Gasteiger partial charge in [-0.05, 0) is 60.6 Å². The molecule has 29 heavy (non-hydrogen) atoms. The van der Waals surface area contributed by atoms with E-state index in [1.54, 1.807) is 31.5 Å². The van der Waals surface area contributed by atoms with E-state index in [-0.39, 0.29) is 5.91 Å². The van der Waals surface area contributed by atoms with E-state index in [0.717, 1.165) is 35.9 Å². The maximum Gasteiger partial charge on any atom is 0.271 e. The molecule has 2 aromatic carbocycles. The number of methoxy groups -OCH3 is 1. The van der Waals surface area contributed by atoms with Crippen LogP contribution in [-0.2, 0) is 0 Å². The van der Waals surface area contributed by atoms with Gasteiger partial charge in [-0.2, -0.15) is 5.10 Å². The van der Waals surface area contributed by atoms with Crippen LogP contribution in [0.4, 0.5) is 0 Å². The molecule has 0 radical (unpaired) electrons. The number of H-pyrrole nitrogens is 2. The molecular weight excluding hydrogens is 388 g/mol. The predicted octanol–water partition coefficient (Wildman–Crippen LogP) is 4.57. The number of hydrazone groups is 1. The molecule has 0 unspecified atom stereocenters. The number of aromatic amines is 2. The Bertz CT molecular complexity index is 1070. The van der Waals surface area contributed by atoms with E-state index >= 15 is 0 Å². The Morgan fingerprint density at radius 2 is 1.97 bits per heavy atom. The summed E-state index contributed by atoms with van der Waals surface area (Å²) in [6.07, 6.45) is 4.85. The van der Waals surface area contributed by atoms with Crippen LogP contribution in [0, 0.1) is 4.77 Å². The summed E-state index contributed by atoms with van der Waals surface area (Å²) in [5.41, 5.74) is 5.41. The molecular formula is C21H24N4O3S. The van der Waals surface area contributed by atoms with Gasteiger partial charge in [0.25, 0.3) is 5.91 Å². The molecule has 1 heterocycles. The molecule has 0 bridgehead atoms. The zero-order valence-electron chi connectivity index (χ0n) is 16.5. The molecule has 1 aromatic heterocycles. The number of imidazole rings is 1. The number of carbonyl (C=O) groups is 1. The summed E-state index contributed by atoms with van der Waals surface area (Å²) in [7, 11) is 1.60. The van der Waals surface area contributed by atoms with Crippen LogP contribution in [0.3, 0.4) is 0 Å². The Balaban J connectivity index is 1.62. The number of unbranched alkanes of at least 4 members (excludes halogenated alkanes) is 2. The number of ether oxygens (including phenoxy) is 2. The molecule has 0 saturated carbocycles. The molecule has 3 aromatic rings. The number of nitrogens with one attached hydrogen (secondary N) is 3. The first kappa shape index (κ1) is 20.6. The Hall–Kier alpha value is -3.13. The first-order valence-electron chi connectivity index (χ1n) is 9.47. The zero-order valence-corrected chi connectivity index (χ0v) is 17.3. The third-order valence-corrected chi connectivity index (χ3v) is 4.56. The standard InChI is InChI=1S/C21H24N4O3S/c1-3-4-5-10-28-18-9-6-14(11-19(18)27-2)13-22-25-20(26)15-7-8-16-17(12-15)24-21(29)23-16/h6-9,11-13H,3-5,10H2,1-2H3,(H,25,26)(H2,23,24,29)/b22-13-. The Kier molecular flexibility index (Phi) is 7.02. The molecule has 0 fully saturated rings. The Morgan fingerprint density at radius 3 is 2.76 bits per heavy atom. The minimum atomic E-state index is -0.313. The van der Waals surface area contributed by atoms with Crippen LogP contribution in [0.5, 0.6) is 11.5 Å². The van der Waals surface area contributed by atoms with Crippen LogP contribution >= 0.6 is 12.2 Å². The van der Waals surface area contributed by atoms with Gasteiger partial charge >= 0.3 is 0 Å². The van der Waals surface area contributed by atoms with Crippen LogP contribution < -0.4 is 14.9 Å². The zero-order chi connectivity index (χ0) is 20.6. The van der Waals surface area contributed by atoms with E-state index in [1.807, 2.05) is 18.2 Å². The summed E-state index contributed by atoms with van der Waals surface area (Å²) in [5.74, 6) is 1.01. The molecule has 0 aliphatic heterocycles. The summed E-state index contributed by atoms with van der Waals surface area (Å²) >= 11 is 5.06. The van der Waals surface area contributed by atoms with Crippen LogP contribution in [0.1, 0.15) is 42.1 Å². The van der Waals surface area contributed by atoms with Crippen LogP contribution in [0.2, 0.25) is 0 Å². The summed E-state index contributed by atoms with van der Waals surface area (Å²) in [6, 6.07) is 10.7. The summed E-state index contributed by atoms with van der Waals surface area (Å²) in [6.45, 7) is 2.81. The molecule has 8 heteroatoms. The van der Waals surface area contributed by atoms with Crippen molar-refractivity contribution in [3.63, 3.8) is 0 Å². The number of carbonyl (C=O) groups excluding carboxylic acids is 1. The van der Waals surface area contributed by atoms with Gasteiger partial charge in [0.05, 0.1) is 31.0 Å². The van der Waals surface area contributed by atoms with Crippen molar-refractivity contribution in [1.29, 1.82) is 0 Å². The van der Waals surface area contributed by atoms with Gasteiger partial charge in [0.1, 0.15) is 0 Å². The van der Waals surface area contributed by atoms with E-state index in [2.05, 4.69) is 27.4 Å². The minimum Gasteiger partial charge on any atom is -0.493 e. The molecule has 0 aliphatic carbocycles. The highest BCUT2D eigenvalue weighted by atomic mass is 32.1. The lowest BCUT2D eigenvalue weighted by molar-refractivity contribution is 0.0955. The van der Waals surface area contributed by atoms with Gasteiger partial charge in [-0.3, -0.25) is 4.79 Å². The number of aromatic nitrogens is 2. The molecule has 7 nitrogen and oxygen atoms in total. The van der Waals surface area contributed by atoms with Gasteiger partial charge in [-0.25, -0.2) is 5.43 Å². The van der Waals surface area contributed by atoms with Crippen molar-refractivity contribution < 1.29 is 14.3 Å². The predicted molar refractivity (Wildman–Crippen MR) is 117 cm³/mol. The fraction of sp³-hybridized carbons (Fsp3) is 0.286. The SMILES string of the molecule is CCCCCOc1ccc(/C=N\NC(=O)c2ccc3[nH]c(=S)[nH]c3c2)cc1OC. The number of fused-ring (bicyclic) bond motifs is 1. The van der Waals surface area contributed by atoms with Crippen molar-refractivity contribution in [1.82, 2.24) is 15.4 Å². The van der Waals surface area contributed by atoms with Gasteiger partial charge in [-0.15, -0.1) is 0 Å². The second-order valence-electron chi connectivity index (χ2n) is 6.50. The largest absolute Gasteiger partial charge is 0.493 e. The highest BCUT2D eigenvalue weighted by Gasteiger charge is 2.07. The van der Waals surface area contributed by atoms with Gasteiger partial charge in [0.15, 0.2) is 16.3 Å². The lowest BCUT2D eigenvalue weighted by Gasteiger charge is -2.11. The molecule has 3 rings (SSSR count). The molecule has 0 aliphatic rings. The third-order valence-electron chi connectivity index (χ3n) is 4.35. The maximum atomic E-state index is 12.3. The monoisotopic (exact) mass is 412 g/mol. The topological polar surface area (TPSA) is 91.5 Å². The highest BCUT2D eigenvalue weighted by molar-refractivity contribution is 7.71. The van der Waals surface area contributed by atoms with Crippen LogP contribution in [0.25, 0.3) is 11.0 Å². The van der Waals surface area contributed by atoms with Crippen molar-refractivity contribution in [3.05, 3.63) is 52.3 Å². The first-order chi connectivity index (χ1) is 14.1. The number of hydrogen-bond acceptors (Lipinski definition) is 5. The van der Waals surface area contributed by atoms with Gasteiger partial charge in [0, 0.05) is 5.56 Å². The first-order valence-corrected chi connectivity index (χ1v) is 9.88. The number of amides is 1. The van der Waals surface area contributed by atoms with E-state index in [1.165, 1.54) is 0 Å². The second kappa shape index (κ2) is 9.88. The summed E-state index contributed by atoms with van der Waals surface area (Å²) < 4.78 is 11.7. The molecule has 0 spiro atoms. The smallest absolute Gasteiger partial charge is 0.271 e. The quantitative estimate of drug-likeness (QED) is 0.208. The fourth-order valence-electron chi connectivity index (χ4n) is 2.82. The number of hydrogen-bond donors (Lipinski definition) is 3. The minimum absolute atomic E-state index is 0.313. The molecule has 152 valence electrons. The van der Waals surface area contributed by atoms with E-state index < -0.39 is 0 Å². The van der Waals surface area contributed by atoms with Gasteiger partial charge in [-0.1, -0.05) is 19.8 Å². The van der Waals surface area contributed by atoms with E-state index in [4.69, 9.17) is 21.7 Å². The lowest BCUT2D eigenvalue weighted by Crippen LogP contribution is -2.17. The van der Waals surface area contributed by atoms with E-state index in [9.17, 15) is 4.79 Å². The maximum absolute atomic E-state index is 12.3. The molecule has 0 saturated heterocycles. The normalized spacial score (nSPS) is 11.1. The van der Waals surface area contributed by atoms with Crippen molar-refractivity contribution in [2.75, 3.05) is 13.7 Å². The average Bonchev–Trinajstić information content (AvgIpc) is 3.10. The number of nitrogens with zero attached hydrogens (tertiary/aromatic N) is 1. The lowest BCUT2D eigenvalue weighted by atomic mass is 10.2. The summed E-state index contributed by atoms with van der Waals surface area (Å²) in [4.78, 5) is 18.3. The number of rotatable bonds is 9. The molecule has 3 N–H and O–H groups in total. The Morgan fingerprint density at radius 1 is 1.14 bits per heavy atom.